The Hall–Kier alpha value is -11.1. The third-order valence-electron chi connectivity index (χ3n) is 11.9. The van der Waals surface area contributed by atoms with Gasteiger partial charge in [0, 0.05) is 47.7 Å². The Morgan fingerprint density at radius 2 is 0.633 bits per heavy atom. The molecule has 0 aliphatic rings. The van der Waals surface area contributed by atoms with E-state index in [0.717, 1.165) is 23.3 Å². The van der Waals surface area contributed by atoms with Crippen LogP contribution in [0.2, 0.25) is 0 Å². The van der Waals surface area contributed by atoms with Crippen molar-refractivity contribution in [3.8, 4) is 11.5 Å². The fourth-order valence-electron chi connectivity index (χ4n) is 7.43. The molecule has 4 amide bonds. The van der Waals surface area contributed by atoms with Crippen LogP contribution in [0.1, 0.15) is 65.4 Å². The van der Waals surface area contributed by atoms with Crippen molar-refractivity contribution in [3.63, 3.8) is 0 Å². The van der Waals surface area contributed by atoms with Crippen molar-refractivity contribution in [2.75, 3.05) is 46.0 Å². The lowest BCUT2D eigenvalue weighted by Crippen LogP contribution is -2.18. The number of carbonyl (C=O) groups excluding carboxylic acids is 4. The number of anilines is 4. The van der Waals surface area contributed by atoms with Gasteiger partial charge in [-0.25, -0.2) is 36.0 Å². The number of ether oxygens (including phenoxy) is 2. The number of benzene rings is 8. The van der Waals surface area contributed by atoms with Crippen molar-refractivity contribution in [2.24, 2.45) is 0 Å². The van der Waals surface area contributed by atoms with E-state index in [4.69, 9.17) is 29.9 Å². The molecule has 26 heteroatoms. The second-order valence-electron chi connectivity index (χ2n) is 18.8. The lowest BCUT2D eigenvalue weighted by atomic mass is 10.2. The van der Waals surface area contributed by atoms with E-state index in [-0.39, 0.29) is 81.2 Å². The van der Waals surface area contributed by atoms with Gasteiger partial charge in [-0.2, -0.15) is 0 Å². The summed E-state index contributed by atoms with van der Waals surface area (Å²) in [6.07, 6.45) is -0.448. The van der Waals surface area contributed by atoms with Crippen molar-refractivity contribution in [3.05, 3.63) is 240 Å². The van der Waals surface area contributed by atoms with Gasteiger partial charge in [0.05, 0.1) is 45.6 Å². The van der Waals surface area contributed by atoms with Gasteiger partial charge in [0.1, 0.15) is 35.8 Å². The van der Waals surface area contributed by atoms with Gasteiger partial charge in [0.25, 0.3) is 0 Å². The van der Waals surface area contributed by atoms with Crippen molar-refractivity contribution >= 4 is 89.9 Å². The second kappa shape index (κ2) is 34.9. The topological polar surface area (TPSA) is 393 Å². The van der Waals surface area contributed by atoms with Crippen LogP contribution in [0.25, 0.3) is 0 Å². The molecule has 0 heterocycles. The summed E-state index contributed by atoms with van der Waals surface area (Å²) in [5.74, 6) is -7.82. The maximum absolute atomic E-state index is 12.1. The Kier molecular flexibility index (Phi) is 27.1. The van der Waals surface area contributed by atoms with Crippen LogP contribution in [0.4, 0.5) is 22.7 Å². The summed E-state index contributed by atoms with van der Waals surface area (Å²) in [5, 5.41) is 64.4. The fraction of sp³-hybridized carbons (Fsp3) is 0.125. The molecule has 90 heavy (non-hydrogen) atoms. The van der Waals surface area contributed by atoms with Gasteiger partial charge in [0.15, 0.2) is 19.7 Å². The van der Waals surface area contributed by atoms with Crippen LogP contribution in [0.3, 0.4) is 0 Å². The normalized spacial score (nSPS) is 10.6. The fourth-order valence-corrected chi connectivity index (χ4v) is 9.95. The number of aromatic hydroxyl groups is 2. The van der Waals surface area contributed by atoms with E-state index in [0.29, 0.717) is 30.3 Å². The molecule has 0 spiro atoms. The Balaban J connectivity index is 0.000000218. The molecule has 24 nitrogen and oxygen atoms in total. The predicted molar refractivity (Wildman–Crippen MR) is 330 cm³/mol. The molecule has 8 rings (SSSR count). The predicted octanol–water partition coefficient (Wildman–Crippen LogP) is 8.87. The Morgan fingerprint density at radius 1 is 0.344 bits per heavy atom. The summed E-state index contributed by atoms with van der Waals surface area (Å²) < 4.78 is 58.9. The van der Waals surface area contributed by atoms with Crippen LogP contribution < -0.4 is 21.3 Å². The average molecular weight is 1270 g/mol. The highest BCUT2D eigenvalue weighted by atomic mass is 32.2. The zero-order valence-corrected chi connectivity index (χ0v) is 49.1. The van der Waals surface area contributed by atoms with Crippen molar-refractivity contribution in [1.29, 1.82) is 0 Å². The molecule has 10 N–H and O–H groups in total. The number of sulfone groups is 2. The van der Waals surface area contributed by atoms with Gasteiger partial charge in [-0.15, -0.1) is 0 Å². The number of aromatic carboxylic acids is 4. The minimum Gasteiger partial charge on any atom is -0.507 e. The Bertz CT molecular complexity index is 3970. The smallest absolute Gasteiger partial charge is 0.339 e. The molecule has 0 bridgehead atoms. The van der Waals surface area contributed by atoms with Gasteiger partial charge >= 0.3 is 23.9 Å². The number of carbonyl (C=O) groups is 8. The SMILES string of the molecule is O=C(CCS(=O)(=O)c1ccccc1)Nc1ccc(C(=O)O)c(O)c1.O=C(CCS(=O)(=O)c1ccccc1)Nc1ccc(C(=O)O)cc1.O=C(COCc1ccccc1)Nc1ccc(C(=O)O)c(O)c1.O=C(COCc1ccccc1)Nc1ccc(C(=O)O)cc1. The highest BCUT2D eigenvalue weighted by Gasteiger charge is 2.19. The van der Waals surface area contributed by atoms with E-state index in [2.05, 4.69) is 21.3 Å². The zero-order chi connectivity index (χ0) is 65.6. The lowest BCUT2D eigenvalue weighted by Gasteiger charge is -2.08. The highest BCUT2D eigenvalue weighted by Crippen LogP contribution is 2.24. The second-order valence-corrected chi connectivity index (χ2v) is 23.0. The van der Waals surface area contributed by atoms with E-state index >= 15 is 0 Å². The van der Waals surface area contributed by atoms with E-state index in [9.17, 15) is 65.4 Å². The first-order chi connectivity index (χ1) is 42.9. The molecule has 8 aromatic rings. The van der Waals surface area contributed by atoms with Gasteiger partial charge in [0.2, 0.25) is 23.6 Å². The molecule has 0 radical (unpaired) electrons. The Morgan fingerprint density at radius 3 is 0.944 bits per heavy atom. The van der Waals surface area contributed by atoms with Crippen LogP contribution in [0, 0.1) is 0 Å². The Labute approximate surface area is 515 Å². The van der Waals surface area contributed by atoms with Crippen molar-refractivity contribution in [1.82, 2.24) is 0 Å². The van der Waals surface area contributed by atoms with Crippen LogP contribution in [-0.4, -0.2) is 120 Å². The summed E-state index contributed by atoms with van der Waals surface area (Å²) in [6, 6.07) is 53.6. The third kappa shape index (κ3) is 24.4. The van der Waals surface area contributed by atoms with Crippen LogP contribution in [0.5, 0.6) is 11.5 Å². The molecule has 8 aromatic carbocycles. The van der Waals surface area contributed by atoms with Gasteiger partial charge in [-0.3, -0.25) is 19.2 Å². The molecule has 0 aromatic heterocycles. The summed E-state index contributed by atoms with van der Waals surface area (Å²) >= 11 is 0. The molecular weight excluding hydrogens is 1210 g/mol. The molecule has 0 unspecified atom stereocenters. The van der Waals surface area contributed by atoms with Gasteiger partial charge < -0.3 is 61.4 Å². The van der Waals surface area contributed by atoms with E-state index in [1.165, 1.54) is 84.9 Å². The monoisotopic (exact) mass is 1270 g/mol. The standard InChI is InChI=1S/C16H15NO6S.C16H15NO5S.C16H15NO5.C16H15NO4/c18-14-10-11(6-7-13(14)16(20)21)17-15(19)8-9-24(22,23)12-4-2-1-3-5-12;18-15(17-13-8-6-12(7-9-13)16(19)20)10-11-23(21,22)14-4-2-1-3-5-14;18-14-8-12(6-7-13(14)16(20)21)17-15(19)10-22-9-11-4-2-1-3-5-11;18-15(11-21-10-12-4-2-1-3-5-12)17-14-8-6-13(7-9-14)16(19)20/h1-7,10,18H,8-9H2,(H,17,19)(H,20,21);1-9H,10-11H2,(H,17,18)(H,19,20);1-8,18H,9-10H2,(H,17,19)(H,20,21);1-9H,10-11H2,(H,17,18)(H,19,20). The van der Waals surface area contributed by atoms with E-state index in [1.54, 1.807) is 48.5 Å². The molecular formula is C64H60N4O20S2. The number of carboxylic acid groups (broad SMARTS) is 4. The molecule has 0 fully saturated rings. The highest BCUT2D eigenvalue weighted by molar-refractivity contribution is 7.91. The first kappa shape index (κ1) is 69.7. The molecule has 0 aliphatic heterocycles. The van der Waals surface area contributed by atoms with E-state index in [1.807, 2.05) is 60.7 Å². The number of carboxylic acids is 4. The largest absolute Gasteiger partial charge is 0.507 e. The third-order valence-corrected chi connectivity index (χ3v) is 15.4. The number of hydrogen-bond acceptors (Lipinski definition) is 16. The quantitative estimate of drug-likeness (QED) is 0.0270. The number of amides is 4. The number of nitrogens with one attached hydrogen (secondary N) is 4. The number of hydrogen-bond donors (Lipinski definition) is 10. The van der Waals surface area contributed by atoms with Crippen LogP contribution in [-0.2, 0) is 61.5 Å². The summed E-state index contributed by atoms with van der Waals surface area (Å²) in [7, 11) is -7.07. The maximum atomic E-state index is 12.1. The van der Waals surface area contributed by atoms with Gasteiger partial charge in [-0.1, -0.05) is 97.1 Å². The van der Waals surface area contributed by atoms with Crippen LogP contribution >= 0.6 is 0 Å². The molecule has 0 aliphatic carbocycles. The maximum Gasteiger partial charge on any atom is 0.339 e. The van der Waals surface area contributed by atoms with Crippen molar-refractivity contribution < 1.29 is 95.3 Å². The molecule has 0 saturated heterocycles. The minimum atomic E-state index is -3.56. The minimum absolute atomic E-state index is 0.0599. The van der Waals surface area contributed by atoms with Crippen molar-refractivity contribution in [2.45, 2.75) is 35.8 Å². The van der Waals surface area contributed by atoms with Crippen LogP contribution in [0.15, 0.2) is 216 Å². The lowest BCUT2D eigenvalue weighted by molar-refractivity contribution is -0.121. The molecule has 0 atom stereocenters. The summed E-state index contributed by atoms with van der Waals surface area (Å²) in [6.45, 7) is 0.482. The van der Waals surface area contributed by atoms with Gasteiger partial charge in [-0.05, 0) is 108 Å². The van der Waals surface area contributed by atoms with E-state index < -0.39 is 72.8 Å². The first-order valence-electron chi connectivity index (χ1n) is 26.7. The first-order valence-corrected chi connectivity index (χ1v) is 30.0. The summed E-state index contributed by atoms with van der Waals surface area (Å²) in [5.41, 5.74) is 3.15. The number of rotatable bonds is 24. The number of phenols is 2. The molecule has 468 valence electrons. The average Bonchev–Trinajstić information content (AvgIpc) is 2.33. The summed E-state index contributed by atoms with van der Waals surface area (Å²) in [4.78, 5) is 90.3. The molecule has 0 saturated carbocycles. The zero-order valence-electron chi connectivity index (χ0n) is 47.5.